The molecule has 0 atom stereocenters. The van der Waals surface area contributed by atoms with Crippen LogP contribution in [0, 0.1) is 0 Å². The molecule has 8 heteroatoms. The van der Waals surface area contributed by atoms with E-state index in [9.17, 15) is 4.79 Å². The molecule has 0 amide bonds. The van der Waals surface area contributed by atoms with Crippen molar-refractivity contribution in [3.05, 3.63) is 84.6 Å². The number of ether oxygens (including phenoxy) is 2. The average Bonchev–Trinajstić information content (AvgIpc) is 3.52. The highest BCUT2D eigenvalue weighted by Gasteiger charge is 2.21. The van der Waals surface area contributed by atoms with Crippen molar-refractivity contribution in [1.82, 2.24) is 19.7 Å². The summed E-state index contributed by atoms with van der Waals surface area (Å²) in [6, 6.07) is 23.1. The largest absolute Gasteiger partial charge is 0.497 e. The van der Waals surface area contributed by atoms with Crippen LogP contribution in [0.4, 0.5) is 0 Å². The van der Waals surface area contributed by atoms with Gasteiger partial charge in [0.1, 0.15) is 11.5 Å². The third kappa shape index (κ3) is 4.04. The second-order valence-electron chi connectivity index (χ2n) is 7.50. The van der Waals surface area contributed by atoms with Crippen molar-refractivity contribution in [3.8, 4) is 28.6 Å². The number of carbonyl (C=O) groups excluding carboxylic acids is 1. The molecule has 0 aliphatic carbocycles. The van der Waals surface area contributed by atoms with Crippen LogP contribution in [-0.4, -0.2) is 45.5 Å². The molecular weight excluding hydrogens is 448 g/mol. The fourth-order valence-corrected chi connectivity index (χ4v) is 4.68. The summed E-state index contributed by atoms with van der Waals surface area (Å²) in [5, 5.41) is 10.4. The van der Waals surface area contributed by atoms with E-state index in [2.05, 4.69) is 15.2 Å². The van der Waals surface area contributed by atoms with Crippen LogP contribution in [-0.2, 0) is 0 Å². The zero-order valence-corrected chi connectivity index (χ0v) is 19.5. The number of para-hydroxylation sites is 2. The van der Waals surface area contributed by atoms with E-state index in [0.717, 1.165) is 27.9 Å². The van der Waals surface area contributed by atoms with Crippen molar-refractivity contribution in [2.24, 2.45) is 0 Å². The maximum Gasteiger partial charge on any atom is 0.196 e. The van der Waals surface area contributed by atoms with Gasteiger partial charge < -0.3 is 14.5 Å². The van der Waals surface area contributed by atoms with Crippen LogP contribution in [0.25, 0.3) is 28.0 Å². The van der Waals surface area contributed by atoms with Crippen LogP contribution in [0.5, 0.6) is 11.5 Å². The summed E-state index contributed by atoms with van der Waals surface area (Å²) < 4.78 is 12.8. The second kappa shape index (κ2) is 9.44. The minimum atomic E-state index is 0.0190. The first-order valence-electron chi connectivity index (χ1n) is 10.6. The second-order valence-corrected chi connectivity index (χ2v) is 8.44. The van der Waals surface area contributed by atoms with E-state index < -0.39 is 0 Å². The summed E-state index contributed by atoms with van der Waals surface area (Å²) >= 11 is 1.35. The van der Waals surface area contributed by atoms with Gasteiger partial charge in [0, 0.05) is 22.7 Å². The first-order valence-corrected chi connectivity index (χ1v) is 11.6. The van der Waals surface area contributed by atoms with Gasteiger partial charge in [-0.05, 0) is 42.5 Å². The first kappa shape index (κ1) is 21.8. The minimum Gasteiger partial charge on any atom is -0.497 e. The molecule has 0 saturated heterocycles. The number of hydrogen-bond acceptors (Lipinski definition) is 6. The van der Waals surface area contributed by atoms with Crippen LogP contribution in [0.3, 0.4) is 0 Å². The van der Waals surface area contributed by atoms with E-state index in [0.29, 0.717) is 22.3 Å². The first-order chi connectivity index (χ1) is 16.7. The maximum atomic E-state index is 13.1. The number of rotatable bonds is 8. The summed E-state index contributed by atoms with van der Waals surface area (Å²) in [5.41, 5.74) is 3.27. The molecule has 2 aromatic heterocycles. The fraction of sp³-hybridized carbons (Fsp3) is 0.115. The highest BCUT2D eigenvalue weighted by molar-refractivity contribution is 7.99. The van der Waals surface area contributed by atoms with Crippen molar-refractivity contribution >= 4 is 28.4 Å². The fourth-order valence-electron chi connectivity index (χ4n) is 3.84. The molecule has 1 N–H and O–H groups in total. The monoisotopic (exact) mass is 470 g/mol. The molecule has 170 valence electrons. The smallest absolute Gasteiger partial charge is 0.196 e. The Labute approximate surface area is 200 Å². The van der Waals surface area contributed by atoms with Gasteiger partial charge in [-0.2, -0.15) is 0 Å². The molecule has 0 fully saturated rings. The van der Waals surface area contributed by atoms with Crippen molar-refractivity contribution < 1.29 is 14.3 Å². The Hall–Kier alpha value is -4.04. The van der Waals surface area contributed by atoms with Gasteiger partial charge in [0.25, 0.3) is 0 Å². The van der Waals surface area contributed by atoms with Crippen LogP contribution in [0.1, 0.15) is 10.4 Å². The molecule has 0 spiro atoms. The molecule has 5 aromatic rings. The molecule has 2 heterocycles. The van der Waals surface area contributed by atoms with Gasteiger partial charge in [-0.15, -0.1) is 10.2 Å². The van der Waals surface area contributed by atoms with Crippen molar-refractivity contribution in [2.45, 2.75) is 5.16 Å². The number of nitrogens with one attached hydrogen (secondary N) is 1. The Morgan fingerprint density at radius 2 is 1.71 bits per heavy atom. The average molecular weight is 471 g/mol. The molecule has 7 nitrogen and oxygen atoms in total. The number of aromatic nitrogens is 4. The van der Waals surface area contributed by atoms with Crippen molar-refractivity contribution in [1.29, 1.82) is 0 Å². The molecule has 0 radical (unpaired) electrons. The van der Waals surface area contributed by atoms with Crippen molar-refractivity contribution in [2.75, 3.05) is 20.0 Å². The molecule has 0 aliphatic heterocycles. The Kier molecular flexibility index (Phi) is 6.05. The number of ketones is 1. The zero-order chi connectivity index (χ0) is 23.5. The molecule has 0 aliphatic rings. The standard InChI is InChI=1S/C26H22N4O3S/c1-32-18-13-11-17(12-14-18)30-25(20-8-4-6-10-24(20)33-2)28-29-26(30)34-16-23(31)21-15-27-22-9-5-3-7-19(21)22/h3-15,27H,16H2,1-2H3. The molecule has 0 bridgehead atoms. The number of hydrogen-bond donors (Lipinski definition) is 1. The van der Waals surface area contributed by atoms with Gasteiger partial charge in [0.2, 0.25) is 0 Å². The van der Waals surface area contributed by atoms with Crippen LogP contribution < -0.4 is 9.47 Å². The van der Waals surface area contributed by atoms with Crippen LogP contribution in [0.2, 0.25) is 0 Å². The molecule has 34 heavy (non-hydrogen) atoms. The van der Waals surface area contributed by atoms with Crippen LogP contribution >= 0.6 is 11.8 Å². The maximum absolute atomic E-state index is 13.1. The van der Waals surface area contributed by atoms with E-state index in [1.165, 1.54) is 11.8 Å². The number of nitrogens with zero attached hydrogens (tertiary/aromatic N) is 3. The lowest BCUT2D eigenvalue weighted by molar-refractivity contribution is 0.102. The lowest BCUT2D eigenvalue weighted by Gasteiger charge is -2.13. The summed E-state index contributed by atoms with van der Waals surface area (Å²) in [5.74, 6) is 2.31. The zero-order valence-electron chi connectivity index (χ0n) is 18.7. The van der Waals surface area contributed by atoms with Gasteiger partial charge in [0.15, 0.2) is 16.8 Å². The van der Waals surface area contributed by atoms with Gasteiger partial charge in [-0.1, -0.05) is 42.1 Å². The lowest BCUT2D eigenvalue weighted by Crippen LogP contribution is -2.05. The highest BCUT2D eigenvalue weighted by atomic mass is 32.2. The number of thioether (sulfide) groups is 1. The number of H-pyrrole nitrogens is 1. The third-order valence-corrected chi connectivity index (χ3v) is 6.46. The Morgan fingerprint density at radius 3 is 2.50 bits per heavy atom. The molecule has 0 saturated carbocycles. The highest BCUT2D eigenvalue weighted by Crippen LogP contribution is 2.34. The summed E-state index contributed by atoms with van der Waals surface area (Å²) in [7, 11) is 3.26. The number of Topliss-reactive ketones (excluding diaryl/α,β-unsaturated/α-hetero) is 1. The Balaban J connectivity index is 1.51. The van der Waals surface area contributed by atoms with E-state index in [-0.39, 0.29) is 11.5 Å². The molecule has 0 unspecified atom stereocenters. The van der Waals surface area contributed by atoms with E-state index in [1.54, 1.807) is 20.4 Å². The van der Waals surface area contributed by atoms with Gasteiger partial charge in [0.05, 0.1) is 31.2 Å². The summed E-state index contributed by atoms with van der Waals surface area (Å²) in [6.07, 6.45) is 1.77. The molecular formula is C26H22N4O3S. The predicted octanol–water partition coefficient (Wildman–Crippen LogP) is 5.41. The van der Waals surface area contributed by atoms with Gasteiger partial charge >= 0.3 is 0 Å². The third-order valence-electron chi connectivity index (χ3n) is 5.53. The summed E-state index contributed by atoms with van der Waals surface area (Å²) in [6.45, 7) is 0. The van der Waals surface area contributed by atoms with E-state index in [1.807, 2.05) is 77.4 Å². The minimum absolute atomic E-state index is 0.0190. The number of fused-ring (bicyclic) bond motifs is 1. The Morgan fingerprint density at radius 1 is 0.941 bits per heavy atom. The normalized spacial score (nSPS) is 11.0. The SMILES string of the molecule is COc1ccc(-n2c(SCC(=O)c3c[nH]c4ccccc34)nnc2-c2ccccc2OC)cc1. The van der Waals surface area contributed by atoms with E-state index >= 15 is 0 Å². The van der Waals surface area contributed by atoms with E-state index in [4.69, 9.17) is 9.47 Å². The topological polar surface area (TPSA) is 82.0 Å². The van der Waals surface area contributed by atoms with Gasteiger partial charge in [-0.25, -0.2) is 0 Å². The number of aromatic amines is 1. The van der Waals surface area contributed by atoms with Gasteiger partial charge in [-0.3, -0.25) is 9.36 Å². The lowest BCUT2D eigenvalue weighted by atomic mass is 10.1. The molecule has 5 rings (SSSR count). The molecule has 3 aromatic carbocycles. The summed E-state index contributed by atoms with van der Waals surface area (Å²) in [4.78, 5) is 16.2. The Bertz CT molecular complexity index is 1460. The number of benzene rings is 3. The van der Waals surface area contributed by atoms with Crippen LogP contribution in [0.15, 0.2) is 84.1 Å². The quantitative estimate of drug-likeness (QED) is 0.241. The predicted molar refractivity (Wildman–Crippen MR) is 133 cm³/mol. The van der Waals surface area contributed by atoms with Crippen molar-refractivity contribution in [3.63, 3.8) is 0 Å². The number of carbonyl (C=O) groups is 1. The number of methoxy groups -OCH3 is 2.